The van der Waals surface area contributed by atoms with E-state index in [1.54, 1.807) is 30.6 Å². The Bertz CT molecular complexity index is 861. The van der Waals surface area contributed by atoms with Crippen LogP contribution in [0.25, 0.3) is 0 Å². The summed E-state index contributed by atoms with van der Waals surface area (Å²) in [6.07, 6.45) is 5.22. The molecule has 0 fully saturated rings. The van der Waals surface area contributed by atoms with E-state index in [1.165, 1.54) is 0 Å². The summed E-state index contributed by atoms with van der Waals surface area (Å²) in [5.41, 5.74) is 2.95. The third kappa shape index (κ3) is 5.68. The predicted molar refractivity (Wildman–Crippen MR) is 104 cm³/mol. The number of rotatable bonds is 8. The van der Waals surface area contributed by atoms with Gasteiger partial charge in [-0.05, 0) is 43.8 Å². The SMILES string of the molecule is C=Nc1ccnc(NCCc2ccc(NS(C)(=O)=O)cc2)c1/N=C\C. The van der Waals surface area contributed by atoms with E-state index < -0.39 is 10.0 Å². The normalized spacial score (nSPS) is 11.4. The minimum Gasteiger partial charge on any atom is -0.368 e. The molecule has 0 bridgehead atoms. The molecule has 0 spiro atoms. The molecule has 25 heavy (non-hydrogen) atoms. The summed E-state index contributed by atoms with van der Waals surface area (Å²) in [5.74, 6) is 0.651. The third-order valence-electron chi connectivity index (χ3n) is 3.29. The second kappa shape index (κ2) is 8.39. The Labute approximate surface area is 148 Å². The van der Waals surface area contributed by atoms with E-state index in [1.807, 2.05) is 19.1 Å². The van der Waals surface area contributed by atoms with Gasteiger partial charge in [0.15, 0.2) is 5.82 Å². The van der Waals surface area contributed by atoms with Gasteiger partial charge < -0.3 is 5.32 Å². The molecule has 1 heterocycles. The van der Waals surface area contributed by atoms with E-state index in [0.29, 0.717) is 29.4 Å². The lowest BCUT2D eigenvalue weighted by Crippen LogP contribution is -2.10. The molecule has 0 aliphatic rings. The largest absolute Gasteiger partial charge is 0.368 e. The first-order valence-corrected chi connectivity index (χ1v) is 9.57. The zero-order valence-electron chi connectivity index (χ0n) is 14.2. The number of aliphatic imine (C=N–C) groups is 2. The topological polar surface area (TPSA) is 95.8 Å². The molecule has 0 aliphatic carbocycles. The number of nitrogens with one attached hydrogen (secondary N) is 2. The van der Waals surface area contributed by atoms with Gasteiger partial charge in [0, 0.05) is 24.6 Å². The zero-order chi connectivity index (χ0) is 18.3. The van der Waals surface area contributed by atoms with Crippen molar-refractivity contribution in [1.82, 2.24) is 4.98 Å². The molecule has 0 saturated carbocycles. The standard InChI is InChI=1S/C17H21N5O2S/c1-4-19-16-15(18-2)10-12-21-17(16)20-11-9-13-5-7-14(8-6-13)22-25(3,23)24/h4-8,10,12,22H,2,9,11H2,1,3H3,(H,20,21)/b19-4-. The molecule has 2 N–H and O–H groups in total. The number of hydrogen-bond donors (Lipinski definition) is 2. The highest BCUT2D eigenvalue weighted by Gasteiger charge is 2.07. The van der Waals surface area contributed by atoms with Crippen molar-refractivity contribution in [3.63, 3.8) is 0 Å². The number of hydrogen-bond acceptors (Lipinski definition) is 6. The molecule has 0 saturated heterocycles. The van der Waals surface area contributed by atoms with Gasteiger partial charge in [0.05, 0.1) is 11.9 Å². The van der Waals surface area contributed by atoms with Crippen molar-refractivity contribution in [3.8, 4) is 0 Å². The maximum atomic E-state index is 11.2. The first-order chi connectivity index (χ1) is 11.9. The zero-order valence-corrected chi connectivity index (χ0v) is 15.0. The highest BCUT2D eigenvalue weighted by molar-refractivity contribution is 7.92. The lowest BCUT2D eigenvalue weighted by atomic mass is 10.1. The maximum Gasteiger partial charge on any atom is 0.229 e. The molecule has 132 valence electrons. The predicted octanol–water partition coefficient (Wildman–Crippen LogP) is 3.16. The first kappa shape index (κ1) is 18.6. The molecule has 0 atom stereocenters. The van der Waals surface area contributed by atoms with Crippen molar-refractivity contribution in [2.24, 2.45) is 9.98 Å². The Morgan fingerprint density at radius 3 is 2.56 bits per heavy atom. The molecule has 7 nitrogen and oxygen atoms in total. The van der Waals surface area contributed by atoms with Gasteiger partial charge in [0.2, 0.25) is 10.0 Å². The van der Waals surface area contributed by atoms with Gasteiger partial charge in [-0.1, -0.05) is 12.1 Å². The molecule has 2 aromatic rings. The van der Waals surface area contributed by atoms with Crippen molar-refractivity contribution in [2.75, 3.05) is 22.8 Å². The van der Waals surface area contributed by atoms with Gasteiger partial charge in [-0.15, -0.1) is 0 Å². The smallest absolute Gasteiger partial charge is 0.229 e. The Balaban J connectivity index is 2.00. The average Bonchev–Trinajstić information content (AvgIpc) is 2.56. The van der Waals surface area contributed by atoms with E-state index in [-0.39, 0.29) is 0 Å². The summed E-state index contributed by atoms with van der Waals surface area (Å²) in [6.45, 7) is 6.03. The fraction of sp³-hybridized carbons (Fsp3) is 0.235. The minimum atomic E-state index is -3.26. The van der Waals surface area contributed by atoms with Crippen molar-refractivity contribution >= 4 is 45.8 Å². The third-order valence-corrected chi connectivity index (χ3v) is 3.90. The second-order valence-electron chi connectivity index (χ2n) is 5.32. The van der Waals surface area contributed by atoms with Crippen LogP contribution in [0.1, 0.15) is 12.5 Å². The lowest BCUT2D eigenvalue weighted by molar-refractivity contribution is 0.607. The molecular weight excluding hydrogens is 338 g/mol. The van der Waals surface area contributed by atoms with E-state index in [9.17, 15) is 8.42 Å². The highest BCUT2D eigenvalue weighted by atomic mass is 32.2. The number of anilines is 2. The number of aromatic nitrogens is 1. The summed E-state index contributed by atoms with van der Waals surface area (Å²) in [6, 6.07) is 9.01. The maximum absolute atomic E-state index is 11.2. The van der Waals surface area contributed by atoms with Crippen LogP contribution in [-0.4, -0.2) is 39.1 Å². The molecular formula is C17H21N5O2S. The molecule has 1 aromatic carbocycles. The molecule has 0 aliphatic heterocycles. The van der Waals surface area contributed by atoms with E-state index in [4.69, 9.17) is 0 Å². The molecule has 1 aromatic heterocycles. The lowest BCUT2D eigenvalue weighted by Gasteiger charge is -2.10. The fourth-order valence-electron chi connectivity index (χ4n) is 2.24. The van der Waals surface area contributed by atoms with Gasteiger partial charge in [-0.3, -0.25) is 14.7 Å². The van der Waals surface area contributed by atoms with Crippen LogP contribution in [0.4, 0.5) is 22.9 Å². The summed E-state index contributed by atoms with van der Waals surface area (Å²) < 4.78 is 24.8. The van der Waals surface area contributed by atoms with Crippen LogP contribution >= 0.6 is 0 Å². The van der Waals surface area contributed by atoms with E-state index in [0.717, 1.165) is 18.2 Å². The van der Waals surface area contributed by atoms with Crippen LogP contribution in [0.2, 0.25) is 0 Å². The Kier molecular flexibility index (Phi) is 6.24. The van der Waals surface area contributed by atoms with Crippen molar-refractivity contribution in [1.29, 1.82) is 0 Å². The average molecular weight is 359 g/mol. The van der Waals surface area contributed by atoms with Crippen LogP contribution in [0.3, 0.4) is 0 Å². The van der Waals surface area contributed by atoms with Gasteiger partial charge >= 0.3 is 0 Å². The monoisotopic (exact) mass is 359 g/mol. The number of pyridine rings is 1. The Hall–Kier alpha value is -2.74. The summed E-state index contributed by atoms with van der Waals surface area (Å²) in [4.78, 5) is 12.6. The second-order valence-corrected chi connectivity index (χ2v) is 7.07. The van der Waals surface area contributed by atoms with Crippen LogP contribution in [-0.2, 0) is 16.4 Å². The van der Waals surface area contributed by atoms with Crippen molar-refractivity contribution in [2.45, 2.75) is 13.3 Å². The van der Waals surface area contributed by atoms with Crippen LogP contribution < -0.4 is 10.0 Å². The number of sulfonamides is 1. The minimum absolute atomic E-state index is 0.546. The number of benzene rings is 1. The first-order valence-electron chi connectivity index (χ1n) is 7.68. The fourth-order valence-corrected chi connectivity index (χ4v) is 2.80. The van der Waals surface area contributed by atoms with E-state index >= 15 is 0 Å². The molecule has 8 heteroatoms. The van der Waals surface area contributed by atoms with Gasteiger partial charge in [-0.25, -0.2) is 13.4 Å². The number of nitrogens with zero attached hydrogens (tertiary/aromatic N) is 3. The van der Waals surface area contributed by atoms with Crippen molar-refractivity contribution < 1.29 is 8.42 Å². The molecule has 0 radical (unpaired) electrons. The molecule has 0 unspecified atom stereocenters. The van der Waals surface area contributed by atoms with Crippen LogP contribution in [0, 0.1) is 0 Å². The Morgan fingerprint density at radius 1 is 1.24 bits per heavy atom. The van der Waals surface area contributed by atoms with E-state index in [2.05, 4.69) is 31.7 Å². The van der Waals surface area contributed by atoms with Crippen molar-refractivity contribution in [3.05, 3.63) is 42.1 Å². The van der Waals surface area contributed by atoms with Crippen LogP contribution in [0.15, 0.2) is 46.5 Å². The summed E-state index contributed by atoms with van der Waals surface area (Å²) in [7, 11) is -3.26. The Morgan fingerprint density at radius 2 is 1.96 bits per heavy atom. The quantitative estimate of drug-likeness (QED) is 0.708. The molecule has 2 rings (SSSR count). The summed E-state index contributed by atoms with van der Waals surface area (Å²) >= 11 is 0. The van der Waals surface area contributed by atoms with Gasteiger partial charge in [-0.2, -0.15) is 0 Å². The summed E-state index contributed by atoms with van der Waals surface area (Å²) in [5, 5.41) is 3.25. The molecule has 0 amide bonds. The highest BCUT2D eigenvalue weighted by Crippen LogP contribution is 2.33. The van der Waals surface area contributed by atoms with Gasteiger partial charge in [0.1, 0.15) is 5.69 Å². The van der Waals surface area contributed by atoms with Crippen LogP contribution in [0.5, 0.6) is 0 Å². The van der Waals surface area contributed by atoms with Gasteiger partial charge in [0.25, 0.3) is 0 Å².